The van der Waals surface area contributed by atoms with Gasteiger partial charge < -0.3 is 5.32 Å². The molecule has 1 aromatic carbocycles. The van der Waals surface area contributed by atoms with E-state index in [9.17, 15) is 0 Å². The number of rotatable bonds is 5. The van der Waals surface area contributed by atoms with Crippen LogP contribution in [-0.2, 0) is 6.42 Å². The molecule has 0 atom stereocenters. The smallest absolute Gasteiger partial charge is 0.147 e. The first kappa shape index (κ1) is 13.3. The van der Waals surface area contributed by atoms with Crippen LogP contribution in [0, 0.1) is 0 Å². The highest BCUT2D eigenvalue weighted by Crippen LogP contribution is 2.29. The molecule has 1 fully saturated rings. The van der Waals surface area contributed by atoms with Crippen LogP contribution in [0.2, 0.25) is 10.0 Å². The predicted octanol–water partition coefficient (Wildman–Crippen LogP) is 3.81. The minimum Gasteiger partial charge on any atom is -0.314 e. The fraction of sp³-hybridized carbons (Fsp3) is 0.385. The predicted molar refractivity (Wildman–Crippen MR) is 80.1 cm³/mol. The Morgan fingerprint density at radius 1 is 1.16 bits per heavy atom. The first-order valence-electron chi connectivity index (χ1n) is 6.23. The number of nitrogens with zero attached hydrogens (tertiary/aromatic N) is 2. The molecule has 0 bridgehead atoms. The summed E-state index contributed by atoms with van der Waals surface area (Å²) in [5, 5.41) is 15.0. The Labute approximate surface area is 126 Å². The summed E-state index contributed by atoms with van der Waals surface area (Å²) in [6.45, 7) is 0.968. The monoisotopic (exact) mass is 313 g/mol. The molecular formula is C13H13Cl2N3S. The van der Waals surface area contributed by atoms with Crippen molar-refractivity contribution in [2.45, 2.75) is 25.3 Å². The summed E-state index contributed by atoms with van der Waals surface area (Å²) < 4.78 is 0. The quantitative estimate of drug-likeness (QED) is 0.912. The van der Waals surface area contributed by atoms with Crippen molar-refractivity contribution in [2.24, 2.45) is 0 Å². The van der Waals surface area contributed by atoms with Gasteiger partial charge in [-0.25, -0.2) is 0 Å². The van der Waals surface area contributed by atoms with Gasteiger partial charge in [-0.3, -0.25) is 0 Å². The fourth-order valence-corrected chi connectivity index (χ4v) is 3.17. The average Bonchev–Trinajstić information content (AvgIpc) is 3.04. The van der Waals surface area contributed by atoms with Crippen molar-refractivity contribution in [1.82, 2.24) is 15.5 Å². The van der Waals surface area contributed by atoms with Gasteiger partial charge in [-0.15, -0.1) is 10.2 Å². The van der Waals surface area contributed by atoms with Crippen molar-refractivity contribution in [1.29, 1.82) is 0 Å². The van der Waals surface area contributed by atoms with Crippen molar-refractivity contribution in [3.63, 3.8) is 0 Å². The second kappa shape index (κ2) is 5.75. The summed E-state index contributed by atoms with van der Waals surface area (Å²) in [7, 11) is 0. The summed E-state index contributed by atoms with van der Waals surface area (Å²) in [5.41, 5.74) is 0.927. The Morgan fingerprint density at radius 2 is 1.89 bits per heavy atom. The molecule has 1 heterocycles. The van der Waals surface area contributed by atoms with Gasteiger partial charge in [0.15, 0.2) is 0 Å². The van der Waals surface area contributed by atoms with Crippen molar-refractivity contribution in [2.75, 3.05) is 6.54 Å². The lowest BCUT2D eigenvalue weighted by molar-refractivity contribution is 0.677. The molecule has 0 spiro atoms. The van der Waals surface area contributed by atoms with Gasteiger partial charge in [0, 0.05) is 34.6 Å². The maximum atomic E-state index is 5.99. The van der Waals surface area contributed by atoms with E-state index >= 15 is 0 Å². The highest BCUT2D eigenvalue weighted by Gasteiger charge is 2.20. The Morgan fingerprint density at radius 3 is 2.58 bits per heavy atom. The number of aromatic nitrogens is 2. The molecule has 0 aliphatic heterocycles. The largest absolute Gasteiger partial charge is 0.314 e. The van der Waals surface area contributed by atoms with Crippen LogP contribution in [-0.4, -0.2) is 22.8 Å². The number of hydrogen-bond acceptors (Lipinski definition) is 4. The van der Waals surface area contributed by atoms with Crippen LogP contribution in [0.1, 0.15) is 17.8 Å². The van der Waals surface area contributed by atoms with E-state index in [1.807, 2.05) is 12.1 Å². The molecule has 1 aliphatic carbocycles. The van der Waals surface area contributed by atoms with Crippen molar-refractivity contribution >= 4 is 34.5 Å². The third kappa shape index (κ3) is 3.66. The van der Waals surface area contributed by atoms with E-state index < -0.39 is 0 Å². The molecule has 100 valence electrons. The number of hydrogen-bond donors (Lipinski definition) is 1. The zero-order chi connectivity index (χ0) is 13.2. The van der Waals surface area contributed by atoms with Gasteiger partial charge in [-0.05, 0) is 31.0 Å². The van der Waals surface area contributed by atoms with Crippen LogP contribution in [0.4, 0.5) is 0 Å². The topological polar surface area (TPSA) is 37.8 Å². The first-order chi connectivity index (χ1) is 9.20. The third-order valence-corrected chi connectivity index (χ3v) is 4.39. The minimum absolute atomic E-state index is 0.620. The van der Waals surface area contributed by atoms with Gasteiger partial charge in [-0.1, -0.05) is 34.5 Å². The summed E-state index contributed by atoms with van der Waals surface area (Å²) in [6, 6.07) is 6.17. The van der Waals surface area contributed by atoms with Crippen LogP contribution in [0.5, 0.6) is 0 Å². The van der Waals surface area contributed by atoms with Crippen LogP contribution < -0.4 is 5.32 Å². The highest BCUT2D eigenvalue weighted by molar-refractivity contribution is 7.14. The lowest BCUT2D eigenvalue weighted by Crippen LogP contribution is -2.19. The number of benzene rings is 1. The van der Waals surface area contributed by atoms with E-state index in [0.29, 0.717) is 10.0 Å². The molecule has 1 N–H and O–H groups in total. The minimum atomic E-state index is 0.620. The van der Waals surface area contributed by atoms with Crippen LogP contribution in [0.25, 0.3) is 10.6 Å². The third-order valence-electron chi connectivity index (χ3n) is 2.93. The molecule has 1 saturated carbocycles. The normalized spacial score (nSPS) is 14.8. The highest BCUT2D eigenvalue weighted by atomic mass is 35.5. The lowest BCUT2D eigenvalue weighted by Gasteiger charge is -1.99. The van der Waals surface area contributed by atoms with Crippen molar-refractivity contribution < 1.29 is 0 Å². The van der Waals surface area contributed by atoms with Gasteiger partial charge in [0.2, 0.25) is 0 Å². The van der Waals surface area contributed by atoms with Gasteiger partial charge in [-0.2, -0.15) is 0 Å². The molecule has 0 radical (unpaired) electrons. The number of halogens is 2. The Bertz CT molecular complexity index is 561. The van der Waals surface area contributed by atoms with Crippen LogP contribution >= 0.6 is 34.5 Å². The standard InChI is InChI=1S/C13H13Cl2N3S/c14-9-5-8(6-10(15)7-9)13-18-17-12(19-13)3-4-16-11-1-2-11/h5-7,11,16H,1-4H2. The summed E-state index contributed by atoms with van der Waals surface area (Å²) in [5.74, 6) is 0. The molecule has 3 nitrogen and oxygen atoms in total. The average molecular weight is 314 g/mol. The summed E-state index contributed by atoms with van der Waals surface area (Å²) in [6.07, 6.45) is 3.53. The van der Waals surface area contributed by atoms with E-state index in [-0.39, 0.29) is 0 Å². The Hall–Kier alpha value is -0.680. The molecule has 1 aliphatic rings. The van der Waals surface area contributed by atoms with E-state index in [1.54, 1.807) is 17.4 Å². The van der Waals surface area contributed by atoms with Gasteiger partial charge >= 0.3 is 0 Å². The second-order valence-electron chi connectivity index (χ2n) is 4.64. The van der Waals surface area contributed by atoms with E-state index in [1.165, 1.54) is 12.8 Å². The zero-order valence-corrected chi connectivity index (χ0v) is 12.5. The maximum absolute atomic E-state index is 5.99. The van der Waals surface area contributed by atoms with Crippen LogP contribution in [0.3, 0.4) is 0 Å². The molecule has 1 aromatic heterocycles. The van der Waals surface area contributed by atoms with Gasteiger partial charge in [0.1, 0.15) is 10.0 Å². The molecule has 3 rings (SSSR count). The molecule has 0 saturated heterocycles. The van der Waals surface area contributed by atoms with E-state index in [2.05, 4.69) is 15.5 Å². The van der Waals surface area contributed by atoms with E-state index in [0.717, 1.165) is 34.6 Å². The second-order valence-corrected chi connectivity index (χ2v) is 6.57. The zero-order valence-electron chi connectivity index (χ0n) is 10.2. The molecule has 6 heteroatoms. The number of nitrogens with one attached hydrogen (secondary N) is 1. The molecule has 19 heavy (non-hydrogen) atoms. The molecule has 2 aromatic rings. The fourth-order valence-electron chi connectivity index (χ4n) is 1.82. The maximum Gasteiger partial charge on any atom is 0.147 e. The van der Waals surface area contributed by atoms with Crippen molar-refractivity contribution in [3.8, 4) is 10.6 Å². The Balaban J connectivity index is 1.68. The first-order valence-corrected chi connectivity index (χ1v) is 7.80. The van der Waals surface area contributed by atoms with Crippen molar-refractivity contribution in [3.05, 3.63) is 33.3 Å². The molecule has 0 amide bonds. The molecule has 0 unspecified atom stereocenters. The van der Waals surface area contributed by atoms with Gasteiger partial charge in [0.25, 0.3) is 0 Å². The Kier molecular flexibility index (Phi) is 4.03. The summed E-state index contributed by atoms with van der Waals surface area (Å²) in [4.78, 5) is 0. The lowest BCUT2D eigenvalue weighted by atomic mass is 10.2. The SMILES string of the molecule is Clc1cc(Cl)cc(-c2nnc(CCNC3CC3)s2)c1. The van der Waals surface area contributed by atoms with E-state index in [4.69, 9.17) is 23.2 Å². The van der Waals surface area contributed by atoms with Gasteiger partial charge in [0.05, 0.1) is 0 Å². The van der Waals surface area contributed by atoms with Crippen LogP contribution in [0.15, 0.2) is 18.2 Å². The summed E-state index contributed by atoms with van der Waals surface area (Å²) >= 11 is 13.6. The molecular weight excluding hydrogens is 301 g/mol.